The highest BCUT2D eigenvalue weighted by atomic mass is 14.2. The summed E-state index contributed by atoms with van der Waals surface area (Å²) in [5.41, 5.74) is 0. The van der Waals surface area contributed by atoms with Crippen LogP contribution in [0.5, 0.6) is 0 Å². The highest BCUT2D eigenvalue weighted by molar-refractivity contribution is 4.94. The van der Waals surface area contributed by atoms with Gasteiger partial charge in [-0.25, -0.2) is 0 Å². The number of hydrogen-bond donors (Lipinski definition) is 0. The van der Waals surface area contributed by atoms with Crippen LogP contribution in [0.3, 0.4) is 0 Å². The fourth-order valence-electron chi connectivity index (χ4n) is 1.62. The zero-order valence-electron chi connectivity index (χ0n) is 7.32. The standard InChI is InChI=1S/C10H19/c1-9(2)7-8-10-5-3-4-6-10/h9H,3-8H2,1-2H3. The predicted molar refractivity (Wildman–Crippen MR) is 45.8 cm³/mol. The Kier molecular flexibility index (Phi) is 3.24. The van der Waals surface area contributed by atoms with Crippen molar-refractivity contribution in [2.24, 2.45) is 5.92 Å². The molecule has 0 heteroatoms. The van der Waals surface area contributed by atoms with E-state index in [2.05, 4.69) is 13.8 Å². The van der Waals surface area contributed by atoms with Crippen molar-refractivity contribution in [1.82, 2.24) is 0 Å². The summed E-state index contributed by atoms with van der Waals surface area (Å²) >= 11 is 0. The zero-order chi connectivity index (χ0) is 7.40. The van der Waals surface area contributed by atoms with Crippen molar-refractivity contribution in [3.8, 4) is 0 Å². The Bertz CT molecular complexity index is 78.0. The first-order valence-corrected chi connectivity index (χ1v) is 4.62. The molecule has 0 heterocycles. The molecule has 0 unspecified atom stereocenters. The monoisotopic (exact) mass is 139 g/mol. The Hall–Kier alpha value is 0. The minimum absolute atomic E-state index is 0.896. The van der Waals surface area contributed by atoms with E-state index < -0.39 is 0 Å². The molecule has 0 bridgehead atoms. The lowest BCUT2D eigenvalue weighted by molar-refractivity contribution is 0.551. The average Bonchev–Trinajstić information content (AvgIpc) is 2.34. The molecule has 1 radical (unpaired) electrons. The van der Waals surface area contributed by atoms with Crippen LogP contribution >= 0.6 is 0 Å². The van der Waals surface area contributed by atoms with Crippen LogP contribution in [0.25, 0.3) is 0 Å². The van der Waals surface area contributed by atoms with Crippen molar-refractivity contribution in [2.75, 3.05) is 0 Å². The van der Waals surface area contributed by atoms with Gasteiger partial charge in [0.25, 0.3) is 0 Å². The van der Waals surface area contributed by atoms with Crippen molar-refractivity contribution >= 4 is 0 Å². The van der Waals surface area contributed by atoms with Crippen LogP contribution in [0, 0.1) is 11.8 Å². The molecular weight excluding hydrogens is 120 g/mol. The lowest BCUT2D eigenvalue weighted by Crippen LogP contribution is -1.94. The fourth-order valence-corrected chi connectivity index (χ4v) is 1.62. The largest absolute Gasteiger partial charge is 0.0628 e. The molecule has 0 nitrogen and oxygen atoms in total. The lowest BCUT2D eigenvalue weighted by Gasteiger charge is -2.09. The van der Waals surface area contributed by atoms with Gasteiger partial charge in [0.1, 0.15) is 0 Å². The Balaban J connectivity index is 2.01. The second-order valence-electron chi connectivity index (χ2n) is 3.89. The van der Waals surface area contributed by atoms with Crippen molar-refractivity contribution < 1.29 is 0 Å². The van der Waals surface area contributed by atoms with Crippen LogP contribution in [0.2, 0.25) is 0 Å². The van der Waals surface area contributed by atoms with Crippen LogP contribution in [0.4, 0.5) is 0 Å². The van der Waals surface area contributed by atoms with E-state index in [4.69, 9.17) is 0 Å². The first-order chi connectivity index (χ1) is 4.79. The van der Waals surface area contributed by atoms with Gasteiger partial charge in [0.05, 0.1) is 0 Å². The van der Waals surface area contributed by atoms with Gasteiger partial charge in [-0.1, -0.05) is 33.1 Å². The number of rotatable bonds is 3. The third-order valence-corrected chi connectivity index (χ3v) is 2.39. The van der Waals surface area contributed by atoms with Crippen LogP contribution in [-0.4, -0.2) is 0 Å². The Morgan fingerprint density at radius 3 is 2.30 bits per heavy atom. The van der Waals surface area contributed by atoms with Crippen molar-refractivity contribution in [1.29, 1.82) is 0 Å². The summed E-state index contributed by atoms with van der Waals surface area (Å²) in [6.07, 6.45) is 8.63. The van der Waals surface area contributed by atoms with Crippen molar-refractivity contribution in [2.45, 2.75) is 52.4 Å². The minimum Gasteiger partial charge on any atom is -0.0628 e. The summed E-state index contributed by atoms with van der Waals surface area (Å²) in [5.74, 6) is 2.74. The van der Waals surface area contributed by atoms with Crippen LogP contribution in [-0.2, 0) is 0 Å². The molecule has 0 spiro atoms. The summed E-state index contributed by atoms with van der Waals surface area (Å²) in [6.45, 7) is 4.63. The molecule has 1 aliphatic carbocycles. The molecule has 0 aromatic carbocycles. The van der Waals surface area contributed by atoms with E-state index in [1.54, 1.807) is 0 Å². The molecule has 0 aromatic rings. The summed E-state index contributed by atoms with van der Waals surface area (Å²) in [5, 5.41) is 0. The van der Waals surface area contributed by atoms with E-state index in [-0.39, 0.29) is 0 Å². The second-order valence-corrected chi connectivity index (χ2v) is 3.89. The highest BCUT2D eigenvalue weighted by Gasteiger charge is 2.14. The topological polar surface area (TPSA) is 0 Å². The second kappa shape index (κ2) is 4.00. The summed E-state index contributed by atoms with van der Waals surface area (Å²) < 4.78 is 0. The van der Waals surface area contributed by atoms with Gasteiger partial charge in [0, 0.05) is 0 Å². The maximum absolute atomic E-state index is 2.31. The first kappa shape index (κ1) is 8.10. The van der Waals surface area contributed by atoms with E-state index >= 15 is 0 Å². The SMILES string of the molecule is CC(C)CC[C]1CCCC1. The van der Waals surface area contributed by atoms with Gasteiger partial charge in [-0.3, -0.25) is 0 Å². The van der Waals surface area contributed by atoms with E-state index in [0.717, 1.165) is 5.92 Å². The summed E-state index contributed by atoms with van der Waals surface area (Å²) in [7, 11) is 0. The molecule has 0 aliphatic heterocycles. The van der Waals surface area contributed by atoms with Crippen LogP contribution in [0.1, 0.15) is 52.4 Å². The fraction of sp³-hybridized carbons (Fsp3) is 0.900. The molecule has 0 saturated heterocycles. The summed E-state index contributed by atoms with van der Waals surface area (Å²) in [6, 6.07) is 0. The van der Waals surface area contributed by atoms with Crippen molar-refractivity contribution in [3.63, 3.8) is 0 Å². The first-order valence-electron chi connectivity index (χ1n) is 4.62. The smallest absolute Gasteiger partial charge is 0.0241 e. The van der Waals surface area contributed by atoms with Crippen LogP contribution < -0.4 is 0 Å². The Morgan fingerprint density at radius 1 is 1.20 bits per heavy atom. The predicted octanol–water partition coefficient (Wildman–Crippen LogP) is 3.57. The maximum atomic E-state index is 2.31. The molecule has 0 aromatic heterocycles. The lowest BCUT2D eigenvalue weighted by atomic mass is 9.97. The van der Waals surface area contributed by atoms with E-state index in [9.17, 15) is 0 Å². The third kappa shape index (κ3) is 2.72. The average molecular weight is 139 g/mol. The third-order valence-electron chi connectivity index (χ3n) is 2.39. The molecule has 1 saturated carbocycles. The molecular formula is C10H19. The van der Waals surface area contributed by atoms with Crippen molar-refractivity contribution in [3.05, 3.63) is 5.92 Å². The molecule has 59 valence electrons. The molecule has 0 N–H and O–H groups in total. The van der Waals surface area contributed by atoms with Gasteiger partial charge in [-0.2, -0.15) is 0 Å². The van der Waals surface area contributed by atoms with Gasteiger partial charge < -0.3 is 0 Å². The summed E-state index contributed by atoms with van der Waals surface area (Å²) in [4.78, 5) is 0. The Morgan fingerprint density at radius 2 is 1.80 bits per heavy atom. The molecule has 0 atom stereocenters. The minimum atomic E-state index is 0.896. The molecule has 0 amide bonds. The normalized spacial score (nSPS) is 20.7. The van der Waals surface area contributed by atoms with Gasteiger partial charge >= 0.3 is 0 Å². The molecule has 1 rings (SSSR count). The molecule has 10 heavy (non-hydrogen) atoms. The Labute approximate surface area is 65.0 Å². The van der Waals surface area contributed by atoms with Gasteiger partial charge in [0.2, 0.25) is 0 Å². The molecule has 1 fully saturated rings. The van der Waals surface area contributed by atoms with E-state index in [1.807, 2.05) is 5.92 Å². The van der Waals surface area contributed by atoms with E-state index in [1.165, 1.54) is 38.5 Å². The van der Waals surface area contributed by atoms with Gasteiger partial charge in [-0.15, -0.1) is 0 Å². The molecule has 1 aliphatic rings. The van der Waals surface area contributed by atoms with Gasteiger partial charge in [0.15, 0.2) is 0 Å². The quantitative estimate of drug-likeness (QED) is 0.560. The van der Waals surface area contributed by atoms with Gasteiger partial charge in [-0.05, 0) is 31.1 Å². The highest BCUT2D eigenvalue weighted by Crippen LogP contribution is 2.31. The number of hydrogen-bond acceptors (Lipinski definition) is 0. The zero-order valence-corrected chi connectivity index (χ0v) is 7.32. The maximum Gasteiger partial charge on any atom is -0.0241 e. The van der Waals surface area contributed by atoms with Crippen LogP contribution in [0.15, 0.2) is 0 Å². The van der Waals surface area contributed by atoms with E-state index in [0.29, 0.717) is 0 Å².